The maximum atomic E-state index is 4.05. The highest BCUT2D eigenvalue weighted by molar-refractivity contribution is 7.03. The van der Waals surface area contributed by atoms with Gasteiger partial charge in [-0.25, -0.2) is 0 Å². The van der Waals surface area contributed by atoms with Crippen molar-refractivity contribution in [2.75, 3.05) is 0 Å². The fourth-order valence-electron chi connectivity index (χ4n) is 2.37. The van der Waals surface area contributed by atoms with Crippen molar-refractivity contribution in [1.29, 1.82) is 0 Å². The lowest BCUT2D eigenvalue weighted by atomic mass is 9.78. The van der Waals surface area contributed by atoms with Crippen LogP contribution in [0.3, 0.4) is 0 Å². The standard InChI is InChI=1S/C11H19N3S/c1-8-4-3-5-11(9(8)2)12-6-10-7-15-14-13-10/h7-9,11-12H,3-6H2,1-2H3. The zero-order valence-corrected chi connectivity index (χ0v) is 10.3. The SMILES string of the molecule is CC1CCCC(NCc2csnn2)C1C. The first kappa shape index (κ1) is 11.0. The molecule has 1 saturated carbocycles. The van der Waals surface area contributed by atoms with Crippen molar-refractivity contribution in [3.63, 3.8) is 0 Å². The molecular formula is C11H19N3S. The highest BCUT2D eigenvalue weighted by Crippen LogP contribution is 2.29. The van der Waals surface area contributed by atoms with Crippen molar-refractivity contribution in [2.24, 2.45) is 11.8 Å². The zero-order chi connectivity index (χ0) is 10.7. The first-order valence-corrected chi connectivity index (χ1v) is 6.60. The Morgan fingerprint density at radius 3 is 3.07 bits per heavy atom. The molecule has 1 N–H and O–H groups in total. The van der Waals surface area contributed by atoms with Gasteiger partial charge in [0.25, 0.3) is 0 Å². The second kappa shape index (κ2) is 5.03. The van der Waals surface area contributed by atoms with E-state index in [1.807, 2.05) is 5.38 Å². The summed E-state index contributed by atoms with van der Waals surface area (Å²) in [5, 5.41) is 9.68. The maximum absolute atomic E-state index is 4.05. The van der Waals surface area contributed by atoms with Crippen LogP contribution in [-0.2, 0) is 6.54 Å². The van der Waals surface area contributed by atoms with Gasteiger partial charge in [0, 0.05) is 18.0 Å². The molecule has 0 saturated heterocycles. The molecule has 1 heterocycles. The molecule has 0 aliphatic heterocycles. The lowest BCUT2D eigenvalue weighted by Crippen LogP contribution is -2.40. The normalized spacial score (nSPS) is 31.7. The first-order valence-electron chi connectivity index (χ1n) is 5.76. The van der Waals surface area contributed by atoms with Crippen LogP contribution in [-0.4, -0.2) is 15.6 Å². The van der Waals surface area contributed by atoms with E-state index in [2.05, 4.69) is 28.8 Å². The minimum absolute atomic E-state index is 0.662. The fourth-order valence-corrected chi connectivity index (χ4v) is 2.82. The predicted octanol–water partition coefficient (Wildman–Crippen LogP) is 2.45. The van der Waals surface area contributed by atoms with Gasteiger partial charge in [0.05, 0.1) is 5.69 Å². The predicted molar refractivity (Wildman–Crippen MR) is 62.7 cm³/mol. The van der Waals surface area contributed by atoms with E-state index in [1.54, 1.807) is 0 Å². The molecule has 1 fully saturated rings. The molecule has 1 aliphatic carbocycles. The lowest BCUT2D eigenvalue weighted by Gasteiger charge is -2.34. The zero-order valence-electron chi connectivity index (χ0n) is 9.44. The molecule has 84 valence electrons. The minimum atomic E-state index is 0.662. The van der Waals surface area contributed by atoms with Crippen molar-refractivity contribution in [3.8, 4) is 0 Å². The number of hydrogen-bond acceptors (Lipinski definition) is 4. The molecule has 0 amide bonds. The quantitative estimate of drug-likeness (QED) is 0.858. The van der Waals surface area contributed by atoms with Crippen LogP contribution in [0.2, 0.25) is 0 Å². The van der Waals surface area contributed by atoms with E-state index in [1.165, 1.54) is 30.8 Å². The first-order chi connectivity index (χ1) is 7.27. The highest BCUT2D eigenvalue weighted by Gasteiger charge is 2.26. The minimum Gasteiger partial charge on any atom is -0.308 e. The summed E-state index contributed by atoms with van der Waals surface area (Å²) in [6.07, 6.45) is 4.05. The number of aromatic nitrogens is 2. The third-order valence-electron chi connectivity index (χ3n) is 3.66. The summed E-state index contributed by atoms with van der Waals surface area (Å²) in [6, 6.07) is 0.662. The van der Waals surface area contributed by atoms with Gasteiger partial charge in [-0.2, -0.15) is 0 Å². The van der Waals surface area contributed by atoms with Crippen LogP contribution < -0.4 is 5.32 Å². The number of nitrogens with zero attached hydrogens (tertiary/aromatic N) is 2. The van der Waals surface area contributed by atoms with Gasteiger partial charge < -0.3 is 5.32 Å². The summed E-state index contributed by atoms with van der Waals surface area (Å²) in [5.41, 5.74) is 1.07. The van der Waals surface area contributed by atoms with E-state index in [0.717, 1.165) is 24.1 Å². The molecule has 0 aromatic carbocycles. The smallest absolute Gasteiger partial charge is 0.0893 e. The monoisotopic (exact) mass is 225 g/mol. The number of rotatable bonds is 3. The molecule has 4 heteroatoms. The third kappa shape index (κ3) is 2.75. The van der Waals surface area contributed by atoms with Crippen molar-refractivity contribution < 1.29 is 0 Å². The van der Waals surface area contributed by atoms with E-state index >= 15 is 0 Å². The molecule has 3 nitrogen and oxygen atoms in total. The Kier molecular flexibility index (Phi) is 3.70. The molecule has 1 aliphatic rings. The molecule has 3 atom stereocenters. The summed E-state index contributed by atoms with van der Waals surface area (Å²) in [7, 11) is 0. The Bertz CT molecular complexity index is 286. The van der Waals surface area contributed by atoms with Crippen LogP contribution in [0.5, 0.6) is 0 Å². The molecular weight excluding hydrogens is 206 g/mol. The summed E-state index contributed by atoms with van der Waals surface area (Å²) < 4.78 is 3.87. The summed E-state index contributed by atoms with van der Waals surface area (Å²) in [6.45, 7) is 5.60. The van der Waals surface area contributed by atoms with Crippen molar-refractivity contribution in [3.05, 3.63) is 11.1 Å². The average Bonchev–Trinajstić information content (AvgIpc) is 2.73. The number of hydrogen-bond donors (Lipinski definition) is 1. The van der Waals surface area contributed by atoms with Crippen LogP contribution in [0.1, 0.15) is 38.8 Å². The van der Waals surface area contributed by atoms with Crippen molar-refractivity contribution in [1.82, 2.24) is 14.9 Å². The molecule has 3 unspecified atom stereocenters. The second-order valence-electron chi connectivity index (χ2n) is 4.65. The summed E-state index contributed by atoms with van der Waals surface area (Å²) in [4.78, 5) is 0. The van der Waals surface area contributed by atoms with Gasteiger partial charge in [0.1, 0.15) is 0 Å². The van der Waals surface area contributed by atoms with Crippen LogP contribution in [0.25, 0.3) is 0 Å². The highest BCUT2D eigenvalue weighted by atomic mass is 32.1. The molecule has 2 rings (SSSR count). The second-order valence-corrected chi connectivity index (χ2v) is 5.26. The third-order valence-corrected chi connectivity index (χ3v) is 4.21. The Morgan fingerprint density at radius 1 is 1.47 bits per heavy atom. The van der Waals surface area contributed by atoms with Crippen molar-refractivity contribution in [2.45, 2.75) is 45.7 Å². The molecule has 0 spiro atoms. The van der Waals surface area contributed by atoms with Crippen LogP contribution in [0.4, 0.5) is 0 Å². The van der Waals surface area contributed by atoms with Gasteiger partial charge in [0.15, 0.2) is 0 Å². The largest absolute Gasteiger partial charge is 0.308 e. The molecule has 1 aromatic heterocycles. The van der Waals surface area contributed by atoms with E-state index in [0.29, 0.717) is 6.04 Å². The van der Waals surface area contributed by atoms with Gasteiger partial charge >= 0.3 is 0 Å². The van der Waals surface area contributed by atoms with Gasteiger partial charge in [-0.15, -0.1) is 5.10 Å². The van der Waals surface area contributed by atoms with Crippen LogP contribution in [0.15, 0.2) is 5.38 Å². The topological polar surface area (TPSA) is 37.8 Å². The average molecular weight is 225 g/mol. The Morgan fingerprint density at radius 2 is 2.33 bits per heavy atom. The summed E-state index contributed by atoms with van der Waals surface area (Å²) >= 11 is 1.43. The van der Waals surface area contributed by atoms with E-state index in [4.69, 9.17) is 0 Å². The molecule has 0 radical (unpaired) electrons. The lowest BCUT2D eigenvalue weighted by molar-refractivity contribution is 0.205. The molecule has 1 aromatic rings. The Hall–Kier alpha value is -0.480. The number of nitrogens with one attached hydrogen (secondary N) is 1. The Labute approximate surface area is 95.4 Å². The van der Waals surface area contributed by atoms with E-state index < -0.39 is 0 Å². The van der Waals surface area contributed by atoms with Crippen LogP contribution >= 0.6 is 11.5 Å². The maximum Gasteiger partial charge on any atom is 0.0893 e. The molecule has 15 heavy (non-hydrogen) atoms. The van der Waals surface area contributed by atoms with Gasteiger partial charge in [0.2, 0.25) is 0 Å². The van der Waals surface area contributed by atoms with Gasteiger partial charge in [-0.3, -0.25) is 0 Å². The van der Waals surface area contributed by atoms with E-state index in [9.17, 15) is 0 Å². The van der Waals surface area contributed by atoms with Crippen LogP contribution in [0, 0.1) is 11.8 Å². The summed E-state index contributed by atoms with van der Waals surface area (Å²) in [5.74, 6) is 1.63. The molecule has 0 bridgehead atoms. The Balaban J connectivity index is 1.83. The van der Waals surface area contributed by atoms with Crippen molar-refractivity contribution >= 4 is 11.5 Å². The van der Waals surface area contributed by atoms with E-state index in [-0.39, 0.29) is 0 Å². The van der Waals surface area contributed by atoms with Gasteiger partial charge in [-0.05, 0) is 29.8 Å². The van der Waals surface area contributed by atoms with Gasteiger partial charge in [-0.1, -0.05) is 31.2 Å². The fraction of sp³-hybridized carbons (Fsp3) is 0.818.